The zero-order valence-electron chi connectivity index (χ0n) is 16.6. The molecule has 0 N–H and O–H groups in total. The quantitative estimate of drug-likeness (QED) is 0.394. The van der Waals surface area contributed by atoms with Gasteiger partial charge in [0.15, 0.2) is 5.79 Å². The summed E-state index contributed by atoms with van der Waals surface area (Å²) in [5, 5.41) is 0. The molecule has 2 atom stereocenters. The molecule has 2 rings (SSSR count). The van der Waals surface area contributed by atoms with Crippen molar-refractivity contribution in [1.82, 2.24) is 0 Å². The minimum Gasteiger partial charge on any atom is -0.497 e. The second-order valence-electron chi connectivity index (χ2n) is 6.90. The van der Waals surface area contributed by atoms with Crippen molar-refractivity contribution in [2.45, 2.75) is 44.9 Å². The van der Waals surface area contributed by atoms with Gasteiger partial charge in [-0.3, -0.25) is 0 Å². The predicted molar refractivity (Wildman–Crippen MR) is 101 cm³/mol. The van der Waals surface area contributed by atoms with E-state index in [9.17, 15) is 4.79 Å². The third-order valence-corrected chi connectivity index (χ3v) is 4.20. The lowest BCUT2D eigenvalue weighted by molar-refractivity contribution is -0.156. The molecule has 0 saturated carbocycles. The first-order valence-corrected chi connectivity index (χ1v) is 8.80. The van der Waals surface area contributed by atoms with Gasteiger partial charge >= 0.3 is 5.97 Å². The summed E-state index contributed by atoms with van der Waals surface area (Å²) in [5.41, 5.74) is 0.372. The summed E-state index contributed by atoms with van der Waals surface area (Å²) in [5.74, 6) is -0.321. The van der Waals surface area contributed by atoms with Crippen molar-refractivity contribution in [2.24, 2.45) is 0 Å². The molecule has 0 radical (unpaired) electrons. The molecule has 6 heteroatoms. The average molecular weight is 376 g/mol. The summed E-state index contributed by atoms with van der Waals surface area (Å²) in [6.45, 7) is 6.51. The van der Waals surface area contributed by atoms with Crippen LogP contribution >= 0.6 is 0 Å². The Labute approximate surface area is 160 Å². The van der Waals surface area contributed by atoms with Gasteiger partial charge in [0.2, 0.25) is 0 Å². The van der Waals surface area contributed by atoms with Crippen LogP contribution in [0.2, 0.25) is 0 Å². The fraction of sp³-hybridized carbons (Fsp3) is 0.476. The topological polar surface area (TPSA) is 63.2 Å². The maximum absolute atomic E-state index is 11.1. The molecule has 1 aliphatic rings. The highest BCUT2D eigenvalue weighted by Gasteiger charge is 2.48. The Hall–Kier alpha value is -2.15. The minimum absolute atomic E-state index is 0.284. The Kier molecular flexibility index (Phi) is 7.18. The van der Waals surface area contributed by atoms with E-state index in [0.29, 0.717) is 13.2 Å². The van der Waals surface area contributed by atoms with Gasteiger partial charge in [-0.25, -0.2) is 4.79 Å². The summed E-state index contributed by atoms with van der Waals surface area (Å²) in [7, 11) is 2.98. The number of benzene rings is 1. The zero-order valence-corrected chi connectivity index (χ0v) is 16.6. The lowest BCUT2D eigenvalue weighted by Gasteiger charge is -2.25. The number of ether oxygens (including phenoxy) is 5. The second-order valence-corrected chi connectivity index (χ2v) is 6.90. The summed E-state index contributed by atoms with van der Waals surface area (Å²) in [6, 6.07) is 7.73. The van der Waals surface area contributed by atoms with Crippen molar-refractivity contribution in [3.63, 3.8) is 0 Å². The summed E-state index contributed by atoms with van der Waals surface area (Å²) < 4.78 is 27.6. The lowest BCUT2D eigenvalue weighted by Crippen LogP contribution is -2.37. The fourth-order valence-corrected chi connectivity index (χ4v) is 2.87. The van der Waals surface area contributed by atoms with E-state index in [0.717, 1.165) is 11.3 Å². The molecule has 1 heterocycles. The average Bonchev–Trinajstić information content (AvgIpc) is 2.87. The molecule has 27 heavy (non-hydrogen) atoms. The van der Waals surface area contributed by atoms with Gasteiger partial charge in [0, 0.05) is 6.08 Å². The monoisotopic (exact) mass is 376 g/mol. The number of esters is 1. The lowest BCUT2D eigenvalue weighted by atomic mass is 9.99. The Bertz CT molecular complexity index is 676. The van der Waals surface area contributed by atoms with Crippen LogP contribution in [0.25, 0.3) is 0 Å². The molecular formula is C21H28O6. The Morgan fingerprint density at radius 2 is 1.85 bits per heavy atom. The minimum atomic E-state index is -0.723. The predicted octanol–water partition coefficient (Wildman–Crippen LogP) is 3.41. The van der Waals surface area contributed by atoms with Crippen molar-refractivity contribution < 1.29 is 28.5 Å². The number of carbonyl (C=O) groups excluding carboxylic acids is 1. The van der Waals surface area contributed by atoms with E-state index in [4.69, 9.17) is 18.9 Å². The Morgan fingerprint density at radius 1 is 1.15 bits per heavy atom. The molecular weight excluding hydrogens is 348 g/mol. The van der Waals surface area contributed by atoms with Crippen LogP contribution in [0.3, 0.4) is 0 Å². The first-order valence-electron chi connectivity index (χ1n) is 8.80. The second kappa shape index (κ2) is 9.17. The van der Waals surface area contributed by atoms with E-state index in [2.05, 4.69) is 4.74 Å². The van der Waals surface area contributed by atoms with Gasteiger partial charge in [-0.15, -0.1) is 0 Å². The summed E-state index contributed by atoms with van der Waals surface area (Å²) in [4.78, 5) is 11.1. The van der Waals surface area contributed by atoms with Gasteiger partial charge in [0.1, 0.15) is 17.5 Å². The van der Waals surface area contributed by atoms with Crippen LogP contribution in [0.4, 0.5) is 0 Å². The third kappa shape index (κ3) is 6.20. The van der Waals surface area contributed by atoms with Crippen LogP contribution in [0, 0.1) is 0 Å². The van der Waals surface area contributed by atoms with E-state index in [-0.39, 0.29) is 6.10 Å². The molecule has 0 spiro atoms. The Balaban J connectivity index is 1.96. The zero-order chi connectivity index (χ0) is 19.9. The fourth-order valence-electron chi connectivity index (χ4n) is 2.87. The highest BCUT2D eigenvalue weighted by atomic mass is 16.8. The molecule has 1 aromatic carbocycles. The van der Waals surface area contributed by atoms with Crippen molar-refractivity contribution >= 4 is 5.97 Å². The van der Waals surface area contributed by atoms with Crippen LogP contribution in [0.15, 0.2) is 48.6 Å². The van der Waals surface area contributed by atoms with Crippen LogP contribution in [0.5, 0.6) is 5.75 Å². The smallest absolute Gasteiger partial charge is 0.330 e. The molecule has 0 aromatic heterocycles. The van der Waals surface area contributed by atoms with Crippen molar-refractivity contribution in [2.75, 3.05) is 20.8 Å². The molecule has 0 bridgehead atoms. The summed E-state index contributed by atoms with van der Waals surface area (Å²) in [6.07, 6.45) is 6.28. The van der Waals surface area contributed by atoms with Crippen molar-refractivity contribution in [3.05, 3.63) is 54.1 Å². The molecule has 0 aliphatic carbocycles. The number of hydrogen-bond donors (Lipinski definition) is 0. The highest BCUT2D eigenvalue weighted by Crippen LogP contribution is 2.37. The molecule has 1 fully saturated rings. The highest BCUT2D eigenvalue weighted by molar-refractivity contribution is 5.82. The van der Waals surface area contributed by atoms with Gasteiger partial charge in [-0.05, 0) is 38.5 Å². The summed E-state index contributed by atoms with van der Waals surface area (Å²) >= 11 is 0. The molecule has 1 aliphatic heterocycles. The number of methoxy groups -OCH3 is 2. The van der Waals surface area contributed by atoms with E-state index >= 15 is 0 Å². The Morgan fingerprint density at radius 3 is 2.48 bits per heavy atom. The SMILES string of the molecule is COC(=O)/C=C/C=C/[C@@]1(C)OC(C)(C)O[C@H]1COCc1ccc(OC)cc1. The maximum atomic E-state index is 11.1. The van der Waals surface area contributed by atoms with Crippen molar-refractivity contribution in [3.8, 4) is 5.75 Å². The number of rotatable bonds is 8. The molecule has 1 aromatic rings. The van der Waals surface area contributed by atoms with Crippen LogP contribution in [-0.4, -0.2) is 44.3 Å². The molecule has 6 nitrogen and oxygen atoms in total. The molecule has 1 saturated heterocycles. The van der Waals surface area contributed by atoms with Gasteiger partial charge < -0.3 is 23.7 Å². The maximum Gasteiger partial charge on any atom is 0.330 e. The number of carbonyl (C=O) groups is 1. The van der Waals surface area contributed by atoms with Gasteiger partial charge in [0.05, 0.1) is 27.4 Å². The normalized spacial score (nSPS) is 24.6. The van der Waals surface area contributed by atoms with Crippen LogP contribution in [-0.2, 0) is 30.3 Å². The molecule has 0 unspecified atom stereocenters. The number of hydrogen-bond acceptors (Lipinski definition) is 6. The standard InChI is InChI=1S/C21H28O6/c1-20(2)26-18(15-25-14-16-9-11-17(23-4)12-10-16)21(3,27-20)13-7-6-8-19(22)24-5/h6-13,18H,14-15H2,1-5H3/b8-6+,13-7+/t18-,21+/m0/s1. The van der Waals surface area contributed by atoms with Crippen molar-refractivity contribution in [1.29, 1.82) is 0 Å². The number of allylic oxidation sites excluding steroid dienone is 2. The molecule has 0 amide bonds. The third-order valence-electron chi connectivity index (χ3n) is 4.20. The van der Waals surface area contributed by atoms with Crippen LogP contribution < -0.4 is 4.74 Å². The van der Waals surface area contributed by atoms with E-state index in [1.165, 1.54) is 13.2 Å². The van der Waals surface area contributed by atoms with Gasteiger partial charge in [-0.2, -0.15) is 0 Å². The van der Waals surface area contributed by atoms with E-state index in [1.807, 2.05) is 51.1 Å². The van der Waals surface area contributed by atoms with Gasteiger partial charge in [0.25, 0.3) is 0 Å². The molecule has 148 valence electrons. The van der Waals surface area contributed by atoms with Crippen LogP contribution in [0.1, 0.15) is 26.3 Å². The first kappa shape index (κ1) is 21.2. The first-order chi connectivity index (χ1) is 12.8. The van der Waals surface area contributed by atoms with E-state index < -0.39 is 17.4 Å². The van der Waals surface area contributed by atoms with Gasteiger partial charge in [-0.1, -0.05) is 30.4 Å². The van der Waals surface area contributed by atoms with E-state index in [1.54, 1.807) is 19.3 Å². The largest absolute Gasteiger partial charge is 0.497 e.